The van der Waals surface area contributed by atoms with Crippen LogP contribution in [0.5, 0.6) is 0 Å². The van der Waals surface area contributed by atoms with Crippen molar-refractivity contribution in [2.45, 2.75) is 25.8 Å². The molecule has 1 heterocycles. The second-order valence-corrected chi connectivity index (χ2v) is 4.53. The summed E-state index contributed by atoms with van der Waals surface area (Å²) in [5, 5.41) is 13.1. The van der Waals surface area contributed by atoms with E-state index < -0.39 is 5.97 Å². The number of carboxylic acids is 1. The van der Waals surface area contributed by atoms with Gasteiger partial charge in [0, 0.05) is 5.39 Å². The van der Waals surface area contributed by atoms with Crippen LogP contribution in [0.4, 0.5) is 5.82 Å². The highest BCUT2D eigenvalue weighted by Gasteiger charge is 2.15. The number of nitrogens with zero attached hydrogens (tertiary/aromatic N) is 1. The van der Waals surface area contributed by atoms with E-state index in [9.17, 15) is 9.90 Å². The number of nitrogens with one attached hydrogen (secondary N) is 1. The van der Waals surface area contributed by atoms with E-state index in [0.29, 0.717) is 5.82 Å². The topological polar surface area (TPSA) is 62.2 Å². The van der Waals surface area contributed by atoms with Gasteiger partial charge in [-0.2, -0.15) is 0 Å². The Kier molecular flexibility index (Phi) is 4.21. The Bertz CT molecular complexity index is 674. The summed E-state index contributed by atoms with van der Waals surface area (Å²) in [4.78, 5) is 15.7. The minimum atomic E-state index is -1.02. The lowest BCUT2D eigenvalue weighted by Gasteiger charge is -2.15. The SMILES string of the molecule is C#CC(CCC)Nc1nc2ccccc2cc1C(=O)O. The third-order valence-corrected chi connectivity index (χ3v) is 3.04. The van der Waals surface area contributed by atoms with Crippen molar-refractivity contribution in [2.24, 2.45) is 0 Å². The van der Waals surface area contributed by atoms with Crippen molar-refractivity contribution in [3.8, 4) is 12.3 Å². The van der Waals surface area contributed by atoms with Gasteiger partial charge in [-0.25, -0.2) is 9.78 Å². The standard InChI is InChI=1S/C16H16N2O2/c1-3-7-12(4-2)17-15-13(16(19)20)10-11-8-5-6-9-14(11)18-15/h2,5-6,8-10,12H,3,7H2,1H3,(H,17,18)(H,19,20). The number of anilines is 1. The Morgan fingerprint density at radius 3 is 2.90 bits per heavy atom. The quantitative estimate of drug-likeness (QED) is 0.818. The summed E-state index contributed by atoms with van der Waals surface area (Å²) in [6, 6.07) is 8.80. The number of hydrogen-bond acceptors (Lipinski definition) is 3. The van der Waals surface area contributed by atoms with Crippen molar-refractivity contribution in [3.05, 3.63) is 35.9 Å². The number of rotatable bonds is 5. The van der Waals surface area contributed by atoms with Crippen LogP contribution in [0.2, 0.25) is 0 Å². The average molecular weight is 268 g/mol. The van der Waals surface area contributed by atoms with Crippen molar-refractivity contribution in [1.29, 1.82) is 0 Å². The average Bonchev–Trinajstić information content (AvgIpc) is 2.45. The number of carbonyl (C=O) groups is 1. The Hall–Kier alpha value is -2.54. The molecule has 20 heavy (non-hydrogen) atoms. The van der Waals surface area contributed by atoms with Crippen molar-refractivity contribution in [3.63, 3.8) is 0 Å². The molecule has 0 radical (unpaired) electrons. The van der Waals surface area contributed by atoms with Crippen molar-refractivity contribution < 1.29 is 9.90 Å². The second kappa shape index (κ2) is 6.07. The van der Waals surface area contributed by atoms with Gasteiger partial charge in [-0.1, -0.05) is 37.5 Å². The van der Waals surface area contributed by atoms with Crippen LogP contribution in [-0.4, -0.2) is 22.1 Å². The molecule has 1 aromatic heterocycles. The van der Waals surface area contributed by atoms with Gasteiger partial charge < -0.3 is 10.4 Å². The maximum atomic E-state index is 11.4. The van der Waals surface area contributed by atoms with Gasteiger partial charge in [0.05, 0.1) is 11.6 Å². The molecular weight excluding hydrogens is 252 g/mol. The predicted octanol–water partition coefficient (Wildman–Crippen LogP) is 3.15. The Morgan fingerprint density at radius 1 is 1.50 bits per heavy atom. The third kappa shape index (κ3) is 2.89. The van der Waals surface area contributed by atoms with E-state index >= 15 is 0 Å². The molecule has 0 aliphatic rings. The number of aromatic nitrogens is 1. The maximum Gasteiger partial charge on any atom is 0.339 e. The van der Waals surface area contributed by atoms with Gasteiger partial charge in [0.25, 0.3) is 0 Å². The summed E-state index contributed by atoms with van der Waals surface area (Å²) in [5.74, 6) is 1.93. The summed E-state index contributed by atoms with van der Waals surface area (Å²) in [6.45, 7) is 2.03. The summed E-state index contributed by atoms with van der Waals surface area (Å²) in [7, 11) is 0. The third-order valence-electron chi connectivity index (χ3n) is 3.04. The lowest BCUT2D eigenvalue weighted by molar-refractivity contribution is 0.0697. The number of carboxylic acid groups (broad SMARTS) is 1. The fourth-order valence-electron chi connectivity index (χ4n) is 2.04. The molecule has 2 N–H and O–H groups in total. The van der Waals surface area contributed by atoms with Crippen LogP contribution in [-0.2, 0) is 0 Å². The molecule has 102 valence electrons. The van der Waals surface area contributed by atoms with E-state index in [1.165, 1.54) is 0 Å². The number of aromatic carboxylic acids is 1. The van der Waals surface area contributed by atoms with Gasteiger partial charge in [-0.15, -0.1) is 6.42 Å². The van der Waals surface area contributed by atoms with E-state index in [1.54, 1.807) is 6.07 Å². The monoisotopic (exact) mass is 268 g/mol. The summed E-state index contributed by atoms with van der Waals surface area (Å²) in [6.07, 6.45) is 7.14. The number of pyridine rings is 1. The highest BCUT2D eigenvalue weighted by atomic mass is 16.4. The number of terminal acetylenes is 1. The molecule has 0 fully saturated rings. The molecule has 4 nitrogen and oxygen atoms in total. The number of benzene rings is 1. The van der Waals surface area contributed by atoms with E-state index in [1.807, 2.05) is 31.2 Å². The van der Waals surface area contributed by atoms with Crippen LogP contribution in [0.25, 0.3) is 10.9 Å². The predicted molar refractivity (Wildman–Crippen MR) is 79.9 cm³/mol. The number of para-hydroxylation sites is 1. The number of hydrogen-bond donors (Lipinski definition) is 2. The Labute approximate surface area is 117 Å². The first kappa shape index (κ1) is 13.9. The molecule has 1 aromatic carbocycles. The van der Waals surface area contributed by atoms with E-state index in [4.69, 9.17) is 6.42 Å². The molecule has 0 spiro atoms. The lowest BCUT2D eigenvalue weighted by Crippen LogP contribution is -2.20. The van der Waals surface area contributed by atoms with E-state index in [2.05, 4.69) is 16.2 Å². The zero-order chi connectivity index (χ0) is 14.5. The zero-order valence-electron chi connectivity index (χ0n) is 11.3. The van der Waals surface area contributed by atoms with Crippen LogP contribution in [0.15, 0.2) is 30.3 Å². The molecular formula is C16H16N2O2. The first-order valence-corrected chi connectivity index (χ1v) is 6.51. The van der Waals surface area contributed by atoms with Crippen molar-refractivity contribution in [1.82, 2.24) is 4.98 Å². The summed E-state index contributed by atoms with van der Waals surface area (Å²) in [5.41, 5.74) is 0.882. The molecule has 0 aliphatic carbocycles. The normalized spacial score (nSPS) is 11.8. The fraction of sp³-hybridized carbons (Fsp3) is 0.250. The van der Waals surface area contributed by atoms with Crippen LogP contribution in [0.1, 0.15) is 30.1 Å². The molecule has 0 bridgehead atoms. The molecule has 0 aliphatic heterocycles. The van der Waals surface area contributed by atoms with Crippen LogP contribution in [0, 0.1) is 12.3 Å². The van der Waals surface area contributed by atoms with Gasteiger partial charge in [-0.05, 0) is 18.6 Å². The molecule has 0 saturated heterocycles. The highest BCUT2D eigenvalue weighted by Crippen LogP contribution is 2.21. The minimum Gasteiger partial charge on any atom is -0.478 e. The Morgan fingerprint density at radius 2 is 2.25 bits per heavy atom. The van der Waals surface area contributed by atoms with Gasteiger partial charge >= 0.3 is 5.97 Å². The first-order chi connectivity index (χ1) is 9.65. The lowest BCUT2D eigenvalue weighted by atomic mass is 10.1. The molecule has 1 atom stereocenters. The molecule has 2 aromatic rings. The smallest absolute Gasteiger partial charge is 0.339 e. The van der Waals surface area contributed by atoms with Crippen LogP contribution >= 0.6 is 0 Å². The number of fused-ring (bicyclic) bond motifs is 1. The summed E-state index contributed by atoms with van der Waals surface area (Å²) < 4.78 is 0. The minimum absolute atomic E-state index is 0.139. The summed E-state index contributed by atoms with van der Waals surface area (Å²) >= 11 is 0. The molecule has 1 unspecified atom stereocenters. The fourth-order valence-corrected chi connectivity index (χ4v) is 2.04. The van der Waals surface area contributed by atoms with Crippen LogP contribution < -0.4 is 5.32 Å². The molecule has 0 amide bonds. The highest BCUT2D eigenvalue weighted by molar-refractivity contribution is 5.98. The van der Waals surface area contributed by atoms with Gasteiger partial charge in [-0.3, -0.25) is 0 Å². The van der Waals surface area contributed by atoms with Gasteiger partial charge in [0.1, 0.15) is 11.4 Å². The van der Waals surface area contributed by atoms with Crippen molar-refractivity contribution in [2.75, 3.05) is 5.32 Å². The van der Waals surface area contributed by atoms with E-state index in [-0.39, 0.29) is 11.6 Å². The van der Waals surface area contributed by atoms with E-state index in [0.717, 1.165) is 23.7 Å². The molecule has 2 rings (SSSR count). The van der Waals surface area contributed by atoms with Gasteiger partial charge in [0.2, 0.25) is 0 Å². The van der Waals surface area contributed by atoms with Crippen molar-refractivity contribution >= 4 is 22.7 Å². The first-order valence-electron chi connectivity index (χ1n) is 6.51. The van der Waals surface area contributed by atoms with Gasteiger partial charge in [0.15, 0.2) is 0 Å². The molecule has 4 heteroatoms. The largest absolute Gasteiger partial charge is 0.478 e. The Balaban J connectivity index is 2.47. The second-order valence-electron chi connectivity index (χ2n) is 4.53. The zero-order valence-corrected chi connectivity index (χ0v) is 11.3. The van der Waals surface area contributed by atoms with Crippen LogP contribution in [0.3, 0.4) is 0 Å². The molecule has 0 saturated carbocycles. The maximum absolute atomic E-state index is 11.4.